The lowest BCUT2D eigenvalue weighted by Crippen LogP contribution is -2.37. The zero-order valence-electron chi connectivity index (χ0n) is 13.7. The van der Waals surface area contributed by atoms with E-state index in [1.54, 1.807) is 24.3 Å². The monoisotopic (exact) mass is 349 g/mol. The van der Waals surface area contributed by atoms with Crippen molar-refractivity contribution >= 4 is 10.0 Å². The van der Waals surface area contributed by atoms with Gasteiger partial charge in [-0.1, -0.05) is 12.1 Å². The Morgan fingerprint density at radius 2 is 1.83 bits per heavy atom. The van der Waals surface area contributed by atoms with Gasteiger partial charge in [0.15, 0.2) is 0 Å². The summed E-state index contributed by atoms with van der Waals surface area (Å²) in [5.74, 6) is 0.447. The van der Waals surface area contributed by atoms with Gasteiger partial charge in [-0.2, -0.15) is 0 Å². The van der Waals surface area contributed by atoms with Gasteiger partial charge in [0.1, 0.15) is 11.6 Å². The number of halogens is 1. The average Bonchev–Trinajstić information content (AvgIpc) is 2.54. The van der Waals surface area contributed by atoms with E-state index >= 15 is 0 Å². The predicted octanol–water partition coefficient (Wildman–Crippen LogP) is 2.73. The molecule has 3 rings (SSSR count). The fourth-order valence-electron chi connectivity index (χ4n) is 3.03. The van der Waals surface area contributed by atoms with Crippen LogP contribution in [0, 0.1) is 12.7 Å². The molecule has 24 heavy (non-hydrogen) atoms. The van der Waals surface area contributed by atoms with E-state index in [0.717, 1.165) is 5.69 Å². The van der Waals surface area contributed by atoms with E-state index in [2.05, 4.69) is 9.97 Å². The van der Waals surface area contributed by atoms with Crippen LogP contribution in [0.4, 0.5) is 4.39 Å². The smallest absolute Gasteiger partial charge is 0.211 e. The molecular formula is C17H20FN3O2S. The number of nitrogens with zero attached hydrogens (tertiary/aromatic N) is 3. The summed E-state index contributed by atoms with van der Waals surface area (Å²) in [6.45, 7) is 2.80. The molecule has 1 aliphatic rings. The van der Waals surface area contributed by atoms with Gasteiger partial charge in [-0.05, 0) is 38.0 Å². The van der Waals surface area contributed by atoms with E-state index in [1.807, 2.05) is 6.92 Å². The lowest BCUT2D eigenvalue weighted by molar-refractivity contribution is 0.315. The third-order valence-electron chi connectivity index (χ3n) is 4.31. The van der Waals surface area contributed by atoms with E-state index < -0.39 is 10.0 Å². The van der Waals surface area contributed by atoms with Gasteiger partial charge in [0, 0.05) is 30.3 Å². The number of piperidine rings is 1. The van der Waals surface area contributed by atoms with Crippen LogP contribution in [0.25, 0.3) is 11.3 Å². The van der Waals surface area contributed by atoms with Crippen LogP contribution >= 0.6 is 0 Å². The van der Waals surface area contributed by atoms with Gasteiger partial charge in [-0.15, -0.1) is 0 Å². The molecule has 1 saturated heterocycles. The van der Waals surface area contributed by atoms with Gasteiger partial charge in [0.2, 0.25) is 10.0 Å². The van der Waals surface area contributed by atoms with Crippen molar-refractivity contribution in [2.24, 2.45) is 0 Å². The van der Waals surface area contributed by atoms with Crippen LogP contribution in [0.5, 0.6) is 0 Å². The molecule has 0 bridgehead atoms. The molecule has 0 atom stereocenters. The van der Waals surface area contributed by atoms with Crippen molar-refractivity contribution in [1.29, 1.82) is 0 Å². The highest BCUT2D eigenvalue weighted by Gasteiger charge is 2.27. The molecule has 0 radical (unpaired) electrons. The SMILES string of the molecule is Cc1cc(-c2ccccc2F)nc(C2CCN(S(C)(=O)=O)CC2)n1. The van der Waals surface area contributed by atoms with Gasteiger partial charge >= 0.3 is 0 Å². The molecule has 0 amide bonds. The summed E-state index contributed by atoms with van der Waals surface area (Å²) in [7, 11) is -3.15. The summed E-state index contributed by atoms with van der Waals surface area (Å²) in [6.07, 6.45) is 2.58. The first-order valence-electron chi connectivity index (χ1n) is 7.90. The topological polar surface area (TPSA) is 63.2 Å². The quantitative estimate of drug-likeness (QED) is 0.855. The van der Waals surface area contributed by atoms with E-state index in [4.69, 9.17) is 0 Å². The van der Waals surface area contributed by atoms with Crippen molar-refractivity contribution in [3.05, 3.63) is 47.7 Å². The number of benzene rings is 1. The van der Waals surface area contributed by atoms with Crippen molar-refractivity contribution in [2.45, 2.75) is 25.7 Å². The molecule has 0 unspecified atom stereocenters. The van der Waals surface area contributed by atoms with Crippen molar-refractivity contribution in [3.8, 4) is 11.3 Å². The minimum atomic E-state index is -3.15. The Labute approximate surface area is 141 Å². The van der Waals surface area contributed by atoms with Gasteiger partial charge in [-0.25, -0.2) is 27.1 Å². The number of hydrogen-bond donors (Lipinski definition) is 0. The normalized spacial score (nSPS) is 17.1. The fourth-order valence-corrected chi connectivity index (χ4v) is 3.90. The Morgan fingerprint density at radius 1 is 1.17 bits per heavy atom. The number of aryl methyl sites for hydroxylation is 1. The highest BCUT2D eigenvalue weighted by molar-refractivity contribution is 7.88. The zero-order valence-corrected chi connectivity index (χ0v) is 14.6. The Morgan fingerprint density at radius 3 is 2.46 bits per heavy atom. The van der Waals surface area contributed by atoms with Crippen molar-refractivity contribution in [2.75, 3.05) is 19.3 Å². The van der Waals surface area contributed by atoms with Crippen LogP contribution in [0.15, 0.2) is 30.3 Å². The van der Waals surface area contributed by atoms with Crippen LogP contribution < -0.4 is 0 Å². The summed E-state index contributed by atoms with van der Waals surface area (Å²) in [5, 5.41) is 0. The number of aromatic nitrogens is 2. The molecular weight excluding hydrogens is 329 g/mol. The molecule has 5 nitrogen and oxygen atoms in total. The number of sulfonamides is 1. The molecule has 0 aliphatic carbocycles. The third kappa shape index (κ3) is 3.62. The lowest BCUT2D eigenvalue weighted by Gasteiger charge is -2.29. The summed E-state index contributed by atoms with van der Waals surface area (Å²) >= 11 is 0. The first kappa shape index (κ1) is 17.0. The summed E-state index contributed by atoms with van der Waals surface area (Å²) in [5.41, 5.74) is 1.81. The molecule has 7 heteroatoms. The maximum atomic E-state index is 14.0. The second-order valence-corrected chi connectivity index (χ2v) is 8.15. The molecule has 1 aromatic heterocycles. The first-order valence-corrected chi connectivity index (χ1v) is 9.75. The van der Waals surface area contributed by atoms with Gasteiger partial charge in [0.25, 0.3) is 0 Å². The Kier molecular flexibility index (Phi) is 4.64. The summed E-state index contributed by atoms with van der Waals surface area (Å²) < 4.78 is 38.7. The summed E-state index contributed by atoms with van der Waals surface area (Å²) in [4.78, 5) is 9.05. The third-order valence-corrected chi connectivity index (χ3v) is 5.61. The largest absolute Gasteiger partial charge is 0.238 e. The molecule has 2 heterocycles. The van der Waals surface area contributed by atoms with Crippen LogP contribution in [0.1, 0.15) is 30.3 Å². The molecule has 1 aromatic carbocycles. The molecule has 0 saturated carbocycles. The first-order chi connectivity index (χ1) is 11.3. The highest BCUT2D eigenvalue weighted by Crippen LogP contribution is 2.29. The van der Waals surface area contributed by atoms with Crippen molar-refractivity contribution in [1.82, 2.24) is 14.3 Å². The van der Waals surface area contributed by atoms with Crippen molar-refractivity contribution < 1.29 is 12.8 Å². The Bertz CT molecular complexity index is 847. The van der Waals surface area contributed by atoms with Crippen LogP contribution in [0.2, 0.25) is 0 Å². The van der Waals surface area contributed by atoms with Crippen LogP contribution in [-0.2, 0) is 10.0 Å². The maximum Gasteiger partial charge on any atom is 0.211 e. The molecule has 1 aliphatic heterocycles. The second kappa shape index (κ2) is 6.57. The minimum Gasteiger partial charge on any atom is -0.238 e. The lowest BCUT2D eigenvalue weighted by atomic mass is 9.96. The molecule has 128 valence electrons. The van der Waals surface area contributed by atoms with Crippen LogP contribution in [0.3, 0.4) is 0 Å². The van der Waals surface area contributed by atoms with Gasteiger partial charge in [0.05, 0.1) is 11.9 Å². The second-order valence-electron chi connectivity index (χ2n) is 6.17. The Balaban J connectivity index is 1.87. The van der Waals surface area contributed by atoms with E-state index in [9.17, 15) is 12.8 Å². The Hall–Kier alpha value is -1.86. The van der Waals surface area contributed by atoms with Gasteiger partial charge in [-0.3, -0.25) is 0 Å². The average molecular weight is 349 g/mol. The minimum absolute atomic E-state index is 0.0911. The molecule has 0 N–H and O–H groups in total. The molecule has 0 spiro atoms. The summed E-state index contributed by atoms with van der Waals surface area (Å²) in [6, 6.07) is 8.31. The standard InChI is InChI=1S/C17H20FN3O2S/c1-12-11-16(14-5-3-4-6-15(14)18)20-17(19-12)13-7-9-21(10-8-13)24(2,22)23/h3-6,11,13H,7-10H2,1-2H3. The van der Waals surface area contributed by atoms with Crippen molar-refractivity contribution in [3.63, 3.8) is 0 Å². The van der Waals surface area contributed by atoms with Crippen LogP contribution in [-0.4, -0.2) is 42.0 Å². The fraction of sp³-hybridized carbons (Fsp3) is 0.412. The number of rotatable bonds is 3. The molecule has 2 aromatic rings. The number of hydrogen-bond acceptors (Lipinski definition) is 4. The van der Waals surface area contributed by atoms with E-state index in [-0.39, 0.29) is 11.7 Å². The van der Waals surface area contributed by atoms with E-state index in [0.29, 0.717) is 43.0 Å². The molecule has 1 fully saturated rings. The van der Waals surface area contributed by atoms with Gasteiger partial charge < -0.3 is 0 Å². The highest BCUT2D eigenvalue weighted by atomic mass is 32.2. The maximum absolute atomic E-state index is 14.0. The predicted molar refractivity (Wildman–Crippen MR) is 90.6 cm³/mol. The van der Waals surface area contributed by atoms with E-state index in [1.165, 1.54) is 16.6 Å². The zero-order chi connectivity index (χ0) is 17.3.